The van der Waals surface area contributed by atoms with E-state index in [1.165, 1.54) is 0 Å². The number of aliphatic hydroxyl groups is 1. The Bertz CT molecular complexity index is 369. The number of hydrogen-bond donors (Lipinski definition) is 2. The zero-order valence-corrected chi connectivity index (χ0v) is 11.9. The van der Waals surface area contributed by atoms with Crippen molar-refractivity contribution in [2.75, 3.05) is 19.7 Å². The fourth-order valence-electron chi connectivity index (χ4n) is 2.44. The van der Waals surface area contributed by atoms with Gasteiger partial charge in [0.2, 0.25) is 0 Å². The Kier molecular flexibility index (Phi) is 5.23. The van der Waals surface area contributed by atoms with Gasteiger partial charge in [-0.2, -0.15) is 0 Å². The summed E-state index contributed by atoms with van der Waals surface area (Å²) in [5.41, 5.74) is 0.991. The van der Waals surface area contributed by atoms with Gasteiger partial charge in [-0.15, -0.1) is 0 Å². The molecule has 0 amide bonds. The van der Waals surface area contributed by atoms with Gasteiger partial charge in [-0.25, -0.2) is 0 Å². The van der Waals surface area contributed by atoms with E-state index in [1.54, 1.807) is 0 Å². The van der Waals surface area contributed by atoms with Gasteiger partial charge in [-0.1, -0.05) is 26.0 Å². The summed E-state index contributed by atoms with van der Waals surface area (Å²) in [5.74, 6) is 1.74. The van der Waals surface area contributed by atoms with Crippen molar-refractivity contribution < 1.29 is 9.84 Å². The van der Waals surface area contributed by atoms with Crippen LogP contribution in [0, 0.1) is 11.8 Å². The lowest BCUT2D eigenvalue weighted by Crippen LogP contribution is -2.33. The van der Waals surface area contributed by atoms with Crippen LogP contribution in [-0.4, -0.2) is 24.8 Å². The SMILES string of the molecule is CC(C)COc1ccc(C(O)C2CCCNC2)cc1. The highest BCUT2D eigenvalue weighted by molar-refractivity contribution is 5.29. The van der Waals surface area contributed by atoms with Gasteiger partial charge >= 0.3 is 0 Å². The van der Waals surface area contributed by atoms with Crippen LogP contribution in [-0.2, 0) is 0 Å². The molecule has 0 spiro atoms. The van der Waals surface area contributed by atoms with Gasteiger partial charge in [0, 0.05) is 12.5 Å². The molecule has 2 N–H and O–H groups in total. The van der Waals surface area contributed by atoms with Crippen LogP contribution in [0.25, 0.3) is 0 Å². The fourth-order valence-corrected chi connectivity index (χ4v) is 2.44. The van der Waals surface area contributed by atoms with Gasteiger partial charge in [0.25, 0.3) is 0 Å². The van der Waals surface area contributed by atoms with Crippen molar-refractivity contribution >= 4 is 0 Å². The van der Waals surface area contributed by atoms with E-state index < -0.39 is 0 Å². The first-order valence-electron chi connectivity index (χ1n) is 7.28. The summed E-state index contributed by atoms with van der Waals surface area (Å²) in [5, 5.41) is 13.7. The Morgan fingerprint density at radius 2 is 2.05 bits per heavy atom. The van der Waals surface area contributed by atoms with Crippen LogP contribution in [0.5, 0.6) is 5.75 Å². The van der Waals surface area contributed by atoms with Crippen molar-refractivity contribution in [3.8, 4) is 5.75 Å². The maximum Gasteiger partial charge on any atom is 0.119 e. The second-order valence-corrected chi connectivity index (χ2v) is 5.83. The predicted molar refractivity (Wildman–Crippen MR) is 77.3 cm³/mol. The van der Waals surface area contributed by atoms with Gasteiger partial charge in [-0.05, 0) is 43.0 Å². The second-order valence-electron chi connectivity index (χ2n) is 5.83. The minimum Gasteiger partial charge on any atom is -0.493 e. The van der Waals surface area contributed by atoms with Gasteiger partial charge in [-0.3, -0.25) is 0 Å². The fraction of sp³-hybridized carbons (Fsp3) is 0.625. The molecule has 2 unspecified atom stereocenters. The molecule has 0 aromatic heterocycles. The van der Waals surface area contributed by atoms with Gasteiger partial charge in [0.05, 0.1) is 12.7 Å². The molecule has 1 saturated heterocycles. The average Bonchev–Trinajstić information content (AvgIpc) is 2.46. The molecule has 0 saturated carbocycles. The van der Waals surface area contributed by atoms with Crippen LogP contribution in [0.3, 0.4) is 0 Å². The van der Waals surface area contributed by atoms with Crippen molar-refractivity contribution in [2.24, 2.45) is 11.8 Å². The lowest BCUT2D eigenvalue weighted by Gasteiger charge is -2.27. The summed E-state index contributed by atoms with van der Waals surface area (Å²) in [4.78, 5) is 0. The van der Waals surface area contributed by atoms with Gasteiger partial charge in [0.15, 0.2) is 0 Å². The first-order chi connectivity index (χ1) is 9.16. The number of piperidine rings is 1. The number of rotatable bonds is 5. The Balaban J connectivity index is 1.93. The number of nitrogens with one attached hydrogen (secondary N) is 1. The average molecular weight is 263 g/mol. The molecule has 3 nitrogen and oxygen atoms in total. The number of ether oxygens (including phenoxy) is 1. The van der Waals surface area contributed by atoms with E-state index >= 15 is 0 Å². The number of aliphatic hydroxyl groups excluding tert-OH is 1. The third-order valence-corrected chi connectivity index (χ3v) is 3.59. The van der Waals surface area contributed by atoms with E-state index in [2.05, 4.69) is 19.2 Å². The van der Waals surface area contributed by atoms with Crippen LogP contribution >= 0.6 is 0 Å². The lowest BCUT2D eigenvalue weighted by atomic mass is 9.89. The molecular weight excluding hydrogens is 238 g/mol. The number of hydrogen-bond acceptors (Lipinski definition) is 3. The molecule has 1 aliphatic rings. The van der Waals surface area contributed by atoms with E-state index in [0.29, 0.717) is 11.8 Å². The minimum absolute atomic E-state index is 0.330. The summed E-state index contributed by atoms with van der Waals surface area (Å²) in [6, 6.07) is 7.87. The minimum atomic E-state index is -0.369. The highest BCUT2D eigenvalue weighted by Crippen LogP contribution is 2.28. The van der Waals surface area contributed by atoms with Crippen molar-refractivity contribution in [3.63, 3.8) is 0 Å². The monoisotopic (exact) mass is 263 g/mol. The van der Waals surface area contributed by atoms with E-state index in [4.69, 9.17) is 4.74 Å². The third kappa shape index (κ3) is 4.22. The zero-order chi connectivity index (χ0) is 13.7. The first-order valence-corrected chi connectivity index (χ1v) is 7.28. The van der Waals surface area contributed by atoms with Crippen LogP contribution in [0.15, 0.2) is 24.3 Å². The van der Waals surface area contributed by atoms with E-state index in [1.807, 2.05) is 24.3 Å². The molecule has 1 aliphatic heterocycles. The third-order valence-electron chi connectivity index (χ3n) is 3.59. The van der Waals surface area contributed by atoms with E-state index in [-0.39, 0.29) is 6.10 Å². The molecular formula is C16H25NO2. The summed E-state index contributed by atoms with van der Waals surface area (Å²) in [7, 11) is 0. The van der Waals surface area contributed by atoms with Crippen molar-refractivity contribution in [1.82, 2.24) is 5.32 Å². The maximum atomic E-state index is 10.4. The van der Waals surface area contributed by atoms with Crippen LogP contribution in [0.2, 0.25) is 0 Å². The molecule has 19 heavy (non-hydrogen) atoms. The Labute approximate surface area is 116 Å². The van der Waals surface area contributed by atoms with Crippen LogP contribution < -0.4 is 10.1 Å². The quantitative estimate of drug-likeness (QED) is 0.858. The van der Waals surface area contributed by atoms with Crippen LogP contribution in [0.1, 0.15) is 38.4 Å². The molecule has 2 rings (SSSR count). The van der Waals surface area contributed by atoms with E-state index in [0.717, 1.165) is 43.9 Å². The topological polar surface area (TPSA) is 41.5 Å². The molecule has 0 radical (unpaired) electrons. The Morgan fingerprint density at radius 1 is 1.32 bits per heavy atom. The molecule has 1 fully saturated rings. The summed E-state index contributed by atoms with van der Waals surface area (Å²) >= 11 is 0. The molecule has 3 heteroatoms. The second kappa shape index (κ2) is 6.92. The summed E-state index contributed by atoms with van der Waals surface area (Å²) in [6.07, 6.45) is 1.88. The number of benzene rings is 1. The largest absolute Gasteiger partial charge is 0.493 e. The summed E-state index contributed by atoms with van der Waals surface area (Å²) < 4.78 is 5.65. The maximum absolute atomic E-state index is 10.4. The van der Waals surface area contributed by atoms with Gasteiger partial charge < -0.3 is 15.2 Å². The highest BCUT2D eigenvalue weighted by atomic mass is 16.5. The Morgan fingerprint density at radius 3 is 2.63 bits per heavy atom. The van der Waals surface area contributed by atoms with Crippen molar-refractivity contribution in [3.05, 3.63) is 29.8 Å². The van der Waals surface area contributed by atoms with E-state index in [9.17, 15) is 5.11 Å². The van der Waals surface area contributed by atoms with Crippen molar-refractivity contribution in [2.45, 2.75) is 32.8 Å². The normalized spacial score (nSPS) is 21.4. The lowest BCUT2D eigenvalue weighted by molar-refractivity contribution is 0.0921. The molecule has 0 bridgehead atoms. The molecule has 1 aromatic rings. The standard InChI is InChI=1S/C16H25NO2/c1-12(2)11-19-15-7-5-13(6-8-15)16(18)14-4-3-9-17-10-14/h5-8,12,14,16-18H,3-4,9-11H2,1-2H3. The van der Waals surface area contributed by atoms with Gasteiger partial charge in [0.1, 0.15) is 5.75 Å². The summed E-state index contributed by atoms with van der Waals surface area (Å²) in [6.45, 7) is 6.98. The van der Waals surface area contributed by atoms with Crippen LogP contribution in [0.4, 0.5) is 0 Å². The molecule has 2 atom stereocenters. The smallest absolute Gasteiger partial charge is 0.119 e. The molecule has 0 aliphatic carbocycles. The van der Waals surface area contributed by atoms with Crippen molar-refractivity contribution in [1.29, 1.82) is 0 Å². The molecule has 106 valence electrons. The highest BCUT2D eigenvalue weighted by Gasteiger charge is 2.22. The predicted octanol–water partition coefficient (Wildman–Crippen LogP) is 2.75. The molecule has 1 heterocycles. The molecule has 1 aromatic carbocycles. The zero-order valence-electron chi connectivity index (χ0n) is 11.9. The Hall–Kier alpha value is -1.06. The first kappa shape index (κ1) is 14.4.